The molecule has 4 aromatic rings. The Balaban J connectivity index is 1.39. The van der Waals surface area contributed by atoms with Gasteiger partial charge < -0.3 is 4.42 Å². The number of carbonyl (C=O) groups excluding carboxylic acids is 1. The Morgan fingerprint density at radius 3 is 2.26 bits per heavy atom. The predicted octanol–water partition coefficient (Wildman–Crippen LogP) is 4.89. The number of hydrazone groups is 1. The molecule has 0 aliphatic carbocycles. The van der Waals surface area contributed by atoms with Gasteiger partial charge in [0.25, 0.3) is 11.6 Å². The normalized spacial score (nSPS) is 11.4. The van der Waals surface area contributed by atoms with Crippen molar-refractivity contribution in [3.63, 3.8) is 0 Å². The number of amides is 1. The fourth-order valence-corrected chi connectivity index (χ4v) is 4.47. The summed E-state index contributed by atoms with van der Waals surface area (Å²) in [7, 11) is -3.56. The topological polar surface area (TPSA) is 135 Å². The van der Waals surface area contributed by atoms with Crippen LogP contribution < -0.4 is 9.73 Å². The first-order chi connectivity index (χ1) is 18.1. The van der Waals surface area contributed by atoms with Crippen molar-refractivity contribution in [2.24, 2.45) is 5.10 Å². The number of furan rings is 1. The van der Waals surface area contributed by atoms with Gasteiger partial charge in [-0.05, 0) is 61.0 Å². The minimum absolute atomic E-state index is 0.0202. The van der Waals surface area contributed by atoms with Crippen LogP contribution >= 0.6 is 0 Å². The average Bonchev–Trinajstić information content (AvgIpc) is 3.37. The summed E-state index contributed by atoms with van der Waals surface area (Å²) in [6, 6.07) is 23.0. The molecular formula is C27H24N4O6S. The van der Waals surface area contributed by atoms with Crippen LogP contribution in [0.15, 0.2) is 94.4 Å². The van der Waals surface area contributed by atoms with Crippen LogP contribution in [0.3, 0.4) is 0 Å². The lowest BCUT2D eigenvalue weighted by molar-refractivity contribution is -0.384. The number of anilines is 1. The first-order valence-corrected chi connectivity index (χ1v) is 13.3. The van der Waals surface area contributed by atoms with Crippen molar-refractivity contribution in [3.05, 3.63) is 117 Å². The third-order valence-electron chi connectivity index (χ3n) is 5.61. The number of nitro benzene ring substituents is 1. The van der Waals surface area contributed by atoms with Crippen LogP contribution in [0, 0.1) is 17.0 Å². The van der Waals surface area contributed by atoms with E-state index in [1.165, 1.54) is 34.8 Å². The van der Waals surface area contributed by atoms with Crippen molar-refractivity contribution in [2.45, 2.75) is 13.5 Å². The summed E-state index contributed by atoms with van der Waals surface area (Å²) in [5.41, 5.74) is 5.68. The van der Waals surface area contributed by atoms with E-state index in [-0.39, 0.29) is 12.2 Å². The second kappa shape index (κ2) is 11.1. The Morgan fingerprint density at radius 2 is 1.66 bits per heavy atom. The predicted molar refractivity (Wildman–Crippen MR) is 145 cm³/mol. The molecule has 38 heavy (non-hydrogen) atoms. The second-order valence-electron chi connectivity index (χ2n) is 8.51. The Labute approximate surface area is 219 Å². The lowest BCUT2D eigenvalue weighted by Gasteiger charge is -2.22. The Hall–Kier alpha value is -4.77. The van der Waals surface area contributed by atoms with Crippen LogP contribution in [0.5, 0.6) is 0 Å². The van der Waals surface area contributed by atoms with Gasteiger partial charge in [0.2, 0.25) is 10.0 Å². The number of non-ortho nitro benzene ring substituents is 1. The number of rotatable bonds is 9. The van der Waals surface area contributed by atoms with E-state index in [9.17, 15) is 23.3 Å². The van der Waals surface area contributed by atoms with E-state index in [1.54, 1.807) is 36.4 Å². The highest BCUT2D eigenvalue weighted by Crippen LogP contribution is 2.24. The maximum absolute atomic E-state index is 12.5. The summed E-state index contributed by atoms with van der Waals surface area (Å²) in [5, 5.41) is 14.7. The van der Waals surface area contributed by atoms with Crippen molar-refractivity contribution in [3.8, 4) is 11.3 Å². The van der Waals surface area contributed by atoms with Crippen LogP contribution in [-0.4, -0.2) is 31.7 Å². The molecular weight excluding hydrogens is 508 g/mol. The van der Waals surface area contributed by atoms with Gasteiger partial charge in [0.15, 0.2) is 0 Å². The van der Waals surface area contributed by atoms with Gasteiger partial charge in [0, 0.05) is 23.3 Å². The van der Waals surface area contributed by atoms with E-state index in [0.29, 0.717) is 28.3 Å². The average molecular weight is 533 g/mol. The van der Waals surface area contributed by atoms with Crippen molar-refractivity contribution in [1.29, 1.82) is 0 Å². The van der Waals surface area contributed by atoms with Crippen molar-refractivity contribution < 1.29 is 22.6 Å². The molecule has 3 aromatic carbocycles. The van der Waals surface area contributed by atoms with Gasteiger partial charge in [0.1, 0.15) is 11.5 Å². The number of benzene rings is 3. The summed E-state index contributed by atoms with van der Waals surface area (Å²) in [4.78, 5) is 22.8. The zero-order chi connectivity index (χ0) is 27.3. The Morgan fingerprint density at radius 1 is 1.00 bits per heavy atom. The van der Waals surface area contributed by atoms with Crippen molar-refractivity contribution in [2.75, 3.05) is 10.6 Å². The summed E-state index contributed by atoms with van der Waals surface area (Å²) in [6.45, 7) is 2.12. The number of aryl methyl sites for hydroxylation is 1. The van der Waals surface area contributed by atoms with E-state index in [0.717, 1.165) is 17.4 Å². The number of carbonyl (C=O) groups is 1. The number of nitrogens with one attached hydrogen (secondary N) is 1. The van der Waals surface area contributed by atoms with Gasteiger partial charge in [-0.25, -0.2) is 13.8 Å². The molecule has 0 spiro atoms. The highest BCUT2D eigenvalue weighted by Gasteiger charge is 2.18. The molecule has 0 unspecified atom stereocenters. The largest absolute Gasteiger partial charge is 0.455 e. The summed E-state index contributed by atoms with van der Waals surface area (Å²) in [5.74, 6) is 0.373. The number of sulfonamides is 1. The first kappa shape index (κ1) is 26.3. The number of hydrogen-bond donors (Lipinski definition) is 1. The van der Waals surface area contributed by atoms with Crippen LogP contribution in [0.4, 0.5) is 11.4 Å². The van der Waals surface area contributed by atoms with Crippen LogP contribution in [0.2, 0.25) is 0 Å². The van der Waals surface area contributed by atoms with Gasteiger partial charge in [-0.2, -0.15) is 5.10 Å². The lowest BCUT2D eigenvalue weighted by Crippen LogP contribution is -2.29. The zero-order valence-corrected chi connectivity index (χ0v) is 21.4. The summed E-state index contributed by atoms with van der Waals surface area (Å²) in [6.07, 6.45) is 2.46. The quantitative estimate of drug-likeness (QED) is 0.185. The minimum atomic E-state index is -3.56. The zero-order valence-electron chi connectivity index (χ0n) is 20.6. The summed E-state index contributed by atoms with van der Waals surface area (Å²) < 4.78 is 31.8. The molecule has 4 rings (SSSR count). The van der Waals surface area contributed by atoms with Crippen LogP contribution in [0.1, 0.15) is 27.2 Å². The molecule has 0 fully saturated rings. The number of nitro groups is 1. The molecule has 1 N–H and O–H groups in total. The molecule has 0 aliphatic heterocycles. The number of nitrogens with zero attached hydrogens (tertiary/aromatic N) is 3. The molecule has 0 bridgehead atoms. The molecule has 0 aliphatic rings. The lowest BCUT2D eigenvalue weighted by atomic mass is 10.1. The minimum Gasteiger partial charge on any atom is -0.455 e. The van der Waals surface area contributed by atoms with E-state index < -0.39 is 20.9 Å². The maximum atomic E-state index is 12.5. The molecule has 0 saturated heterocycles. The highest BCUT2D eigenvalue weighted by molar-refractivity contribution is 7.92. The van der Waals surface area contributed by atoms with Crippen LogP contribution in [-0.2, 0) is 16.6 Å². The smallest absolute Gasteiger partial charge is 0.271 e. The fraction of sp³-hybridized carbons (Fsp3) is 0.111. The van der Waals surface area contributed by atoms with E-state index >= 15 is 0 Å². The van der Waals surface area contributed by atoms with Crippen molar-refractivity contribution in [1.82, 2.24) is 5.43 Å². The molecule has 0 saturated carbocycles. The Bertz CT molecular complexity index is 1580. The van der Waals surface area contributed by atoms with E-state index in [2.05, 4.69) is 10.5 Å². The maximum Gasteiger partial charge on any atom is 0.271 e. The molecule has 1 heterocycles. The third kappa shape index (κ3) is 6.51. The highest BCUT2D eigenvalue weighted by atomic mass is 32.2. The molecule has 1 amide bonds. The van der Waals surface area contributed by atoms with E-state index in [4.69, 9.17) is 4.42 Å². The monoisotopic (exact) mass is 532 g/mol. The van der Waals surface area contributed by atoms with Gasteiger partial charge in [-0.3, -0.25) is 19.2 Å². The molecule has 1 aromatic heterocycles. The molecule has 0 atom stereocenters. The molecule has 11 heteroatoms. The van der Waals surface area contributed by atoms with Gasteiger partial charge >= 0.3 is 0 Å². The number of hydrogen-bond acceptors (Lipinski definition) is 7. The molecule has 0 radical (unpaired) electrons. The van der Waals surface area contributed by atoms with Gasteiger partial charge in [0.05, 0.1) is 29.6 Å². The van der Waals surface area contributed by atoms with E-state index in [1.807, 2.05) is 31.2 Å². The fourth-order valence-electron chi connectivity index (χ4n) is 3.58. The second-order valence-corrected chi connectivity index (χ2v) is 10.4. The first-order valence-electron chi connectivity index (χ1n) is 11.4. The van der Waals surface area contributed by atoms with Crippen LogP contribution in [0.25, 0.3) is 11.3 Å². The SMILES string of the molecule is Cc1ccc(CN(c2ccc(C(=O)N/N=C\c3ccc(-c4ccc([N+](=O)[O-])cc4)o3)cc2)S(C)(=O)=O)cc1. The van der Waals surface area contributed by atoms with Gasteiger partial charge in [-0.1, -0.05) is 29.8 Å². The molecule has 10 nitrogen and oxygen atoms in total. The Kier molecular flexibility index (Phi) is 7.68. The van der Waals surface area contributed by atoms with Gasteiger partial charge in [-0.15, -0.1) is 0 Å². The summed E-state index contributed by atoms with van der Waals surface area (Å²) >= 11 is 0. The standard InChI is InChI=1S/C27H24N4O6S/c1-19-3-5-20(6-4-19)18-30(38(2,35)36)23-11-9-22(10-12-23)27(32)29-28-17-25-15-16-26(37-25)21-7-13-24(14-8-21)31(33)34/h3-17H,18H2,1-2H3,(H,29,32)/b28-17-. The molecule has 194 valence electrons. The van der Waals surface area contributed by atoms with Crippen molar-refractivity contribution >= 4 is 33.5 Å². The third-order valence-corrected chi connectivity index (χ3v) is 6.75.